The molecule has 0 fully saturated rings. The smallest absolute Gasteiger partial charge is 0.293 e. The van der Waals surface area contributed by atoms with Crippen LogP contribution in [0.4, 0.5) is 5.69 Å². The Labute approximate surface area is 178 Å². The predicted molar refractivity (Wildman–Crippen MR) is 113 cm³/mol. The van der Waals surface area contributed by atoms with E-state index in [0.29, 0.717) is 25.2 Å². The summed E-state index contributed by atoms with van der Waals surface area (Å²) in [6.07, 6.45) is 0.594. The van der Waals surface area contributed by atoms with Crippen molar-refractivity contribution >= 4 is 26.5 Å². The van der Waals surface area contributed by atoms with Gasteiger partial charge in [-0.3, -0.25) is 10.1 Å². The largest absolute Gasteiger partial charge is 0.497 e. The molecule has 0 amide bonds. The molecule has 31 heavy (non-hydrogen) atoms. The number of fused-ring (bicyclic) bond motifs is 2. The fourth-order valence-electron chi connectivity index (χ4n) is 3.30. The molecule has 0 radical (unpaired) electrons. The predicted octanol–water partition coefficient (Wildman–Crippen LogP) is 3.40. The monoisotopic (exact) mass is 444 g/mol. The average Bonchev–Trinajstić information content (AvgIpc) is 3.01. The van der Waals surface area contributed by atoms with Gasteiger partial charge < -0.3 is 14.2 Å². The number of nitro benzene ring substituents is 1. The van der Waals surface area contributed by atoms with Crippen molar-refractivity contribution in [3.05, 3.63) is 64.2 Å². The van der Waals surface area contributed by atoms with Gasteiger partial charge in [0.15, 0.2) is 16.4 Å². The van der Waals surface area contributed by atoms with Crippen molar-refractivity contribution in [2.75, 3.05) is 20.3 Å². The van der Waals surface area contributed by atoms with Crippen molar-refractivity contribution in [1.82, 2.24) is 4.72 Å². The zero-order chi connectivity index (χ0) is 22.0. The van der Waals surface area contributed by atoms with Gasteiger partial charge in [-0.15, -0.1) is 0 Å². The van der Waals surface area contributed by atoms with E-state index in [1.54, 1.807) is 13.2 Å². The molecule has 162 valence electrons. The summed E-state index contributed by atoms with van der Waals surface area (Å²) in [7, 11) is -2.60. The third-order valence-electron chi connectivity index (χ3n) is 4.89. The van der Waals surface area contributed by atoms with E-state index in [9.17, 15) is 18.5 Å². The van der Waals surface area contributed by atoms with Crippen LogP contribution in [-0.2, 0) is 16.6 Å². The van der Waals surface area contributed by atoms with E-state index in [0.717, 1.165) is 28.7 Å². The number of benzene rings is 3. The fourth-order valence-corrected chi connectivity index (χ4v) is 4.49. The molecule has 0 aromatic heterocycles. The van der Waals surface area contributed by atoms with E-state index in [2.05, 4.69) is 4.72 Å². The number of hydrogen-bond acceptors (Lipinski definition) is 7. The molecule has 1 heterocycles. The number of methoxy groups -OCH3 is 1. The number of hydrogen-bond donors (Lipinski definition) is 1. The first kappa shape index (κ1) is 20.9. The first-order valence-electron chi connectivity index (χ1n) is 9.52. The van der Waals surface area contributed by atoms with Gasteiger partial charge in [0.25, 0.3) is 5.69 Å². The molecule has 0 aliphatic carbocycles. The van der Waals surface area contributed by atoms with Crippen LogP contribution in [0.3, 0.4) is 0 Å². The van der Waals surface area contributed by atoms with Gasteiger partial charge in [0, 0.05) is 19.0 Å². The molecule has 1 N–H and O–H groups in total. The molecule has 3 aromatic rings. The lowest BCUT2D eigenvalue weighted by Gasteiger charge is -2.12. The minimum Gasteiger partial charge on any atom is -0.497 e. The molecule has 0 unspecified atom stereocenters. The van der Waals surface area contributed by atoms with E-state index in [4.69, 9.17) is 14.2 Å². The van der Waals surface area contributed by atoms with Gasteiger partial charge in [-0.25, -0.2) is 13.1 Å². The first-order valence-corrected chi connectivity index (χ1v) is 11.0. The van der Waals surface area contributed by atoms with E-state index >= 15 is 0 Å². The summed E-state index contributed by atoms with van der Waals surface area (Å²) in [4.78, 5) is 10.3. The Hall–Kier alpha value is -3.37. The molecule has 3 aromatic carbocycles. The molecule has 0 bridgehead atoms. The van der Waals surface area contributed by atoms with Gasteiger partial charge in [0.2, 0.25) is 10.0 Å². The molecule has 0 saturated heterocycles. The van der Waals surface area contributed by atoms with E-state index in [-0.39, 0.29) is 18.0 Å². The van der Waals surface area contributed by atoms with Crippen LogP contribution >= 0.6 is 0 Å². The molecule has 0 atom stereocenters. The Bertz CT molecular complexity index is 1260. The summed E-state index contributed by atoms with van der Waals surface area (Å²) >= 11 is 0. The second-order valence-corrected chi connectivity index (χ2v) is 8.68. The van der Waals surface area contributed by atoms with Gasteiger partial charge in [-0.1, -0.05) is 18.2 Å². The van der Waals surface area contributed by atoms with Crippen LogP contribution < -0.4 is 18.9 Å². The molecule has 10 heteroatoms. The summed E-state index contributed by atoms with van der Waals surface area (Å²) in [6.45, 7) is 0.637. The van der Waals surface area contributed by atoms with E-state index in [1.165, 1.54) is 0 Å². The highest BCUT2D eigenvalue weighted by molar-refractivity contribution is 7.89. The fraction of sp³-hybridized carbons (Fsp3) is 0.238. The van der Waals surface area contributed by atoms with Crippen LogP contribution in [0.2, 0.25) is 0 Å². The Balaban J connectivity index is 1.62. The molecule has 0 spiro atoms. The topological polar surface area (TPSA) is 117 Å². The Morgan fingerprint density at radius 1 is 1.03 bits per heavy atom. The van der Waals surface area contributed by atoms with Crippen molar-refractivity contribution in [2.45, 2.75) is 17.9 Å². The van der Waals surface area contributed by atoms with Gasteiger partial charge in [0.1, 0.15) is 5.75 Å². The zero-order valence-corrected chi connectivity index (χ0v) is 17.5. The average molecular weight is 444 g/mol. The summed E-state index contributed by atoms with van der Waals surface area (Å²) in [6, 6.07) is 13.3. The molecular formula is C21H20N2O7S. The lowest BCUT2D eigenvalue weighted by atomic mass is 10.1. The van der Waals surface area contributed by atoms with E-state index < -0.39 is 25.5 Å². The van der Waals surface area contributed by atoms with Crippen molar-refractivity contribution in [2.24, 2.45) is 0 Å². The highest BCUT2D eigenvalue weighted by Crippen LogP contribution is 2.38. The number of nitrogens with one attached hydrogen (secondary N) is 1. The number of ether oxygens (including phenoxy) is 3. The summed E-state index contributed by atoms with van der Waals surface area (Å²) in [5.74, 6) is 1.05. The minimum absolute atomic E-state index is 0.0318. The number of rotatable bonds is 6. The highest BCUT2D eigenvalue weighted by atomic mass is 32.2. The molecule has 1 aliphatic heterocycles. The van der Waals surface area contributed by atoms with Gasteiger partial charge in [0.05, 0.1) is 31.3 Å². The van der Waals surface area contributed by atoms with Gasteiger partial charge in [-0.05, 0) is 34.5 Å². The minimum atomic E-state index is -4.19. The lowest BCUT2D eigenvalue weighted by molar-refractivity contribution is -0.387. The maximum absolute atomic E-state index is 12.9. The third kappa shape index (κ3) is 4.39. The molecule has 9 nitrogen and oxygen atoms in total. The summed E-state index contributed by atoms with van der Waals surface area (Å²) < 4.78 is 44.4. The second-order valence-electron chi connectivity index (χ2n) is 6.95. The molecule has 0 saturated carbocycles. The molecular weight excluding hydrogens is 424 g/mol. The van der Waals surface area contributed by atoms with Crippen LogP contribution in [0.25, 0.3) is 10.8 Å². The Kier molecular flexibility index (Phi) is 5.66. The maximum Gasteiger partial charge on any atom is 0.293 e. The van der Waals surface area contributed by atoms with Gasteiger partial charge >= 0.3 is 0 Å². The van der Waals surface area contributed by atoms with Crippen molar-refractivity contribution in [3.8, 4) is 17.2 Å². The number of nitro groups is 1. The standard InChI is InChI=1S/C21H20N2O7S/c1-28-17-6-5-15-9-14(3-4-16(15)10-17)13-22-31(26,27)21-12-20-19(11-18(21)23(24)25)29-7-2-8-30-20/h3-6,9-12,22H,2,7-8,13H2,1H3. The first-order chi connectivity index (χ1) is 14.9. The van der Waals surface area contributed by atoms with Crippen LogP contribution in [0.1, 0.15) is 12.0 Å². The molecule has 4 rings (SSSR count). The van der Waals surface area contributed by atoms with Crippen LogP contribution in [-0.4, -0.2) is 33.7 Å². The number of sulfonamides is 1. The zero-order valence-electron chi connectivity index (χ0n) is 16.7. The van der Waals surface area contributed by atoms with E-state index in [1.807, 2.05) is 30.3 Å². The third-order valence-corrected chi connectivity index (χ3v) is 6.32. The van der Waals surface area contributed by atoms with Crippen LogP contribution in [0, 0.1) is 10.1 Å². The van der Waals surface area contributed by atoms with Crippen LogP contribution in [0.15, 0.2) is 53.4 Å². The highest BCUT2D eigenvalue weighted by Gasteiger charge is 2.30. The SMILES string of the molecule is COc1ccc2cc(CNS(=O)(=O)c3cc4c(cc3[N+](=O)[O-])OCCCO4)ccc2c1. The Morgan fingerprint density at radius 2 is 1.71 bits per heavy atom. The second kappa shape index (κ2) is 8.40. The molecule has 1 aliphatic rings. The van der Waals surface area contributed by atoms with Crippen molar-refractivity contribution in [3.63, 3.8) is 0 Å². The Morgan fingerprint density at radius 3 is 2.42 bits per heavy atom. The number of nitrogens with zero attached hydrogens (tertiary/aromatic N) is 1. The normalized spacial score (nSPS) is 13.6. The van der Waals surface area contributed by atoms with Crippen molar-refractivity contribution in [1.29, 1.82) is 0 Å². The van der Waals surface area contributed by atoms with Crippen molar-refractivity contribution < 1.29 is 27.6 Å². The van der Waals surface area contributed by atoms with Crippen LogP contribution in [0.5, 0.6) is 17.2 Å². The lowest BCUT2D eigenvalue weighted by Crippen LogP contribution is -2.24. The summed E-state index contributed by atoms with van der Waals surface area (Å²) in [5, 5.41) is 13.4. The quantitative estimate of drug-likeness (QED) is 0.457. The summed E-state index contributed by atoms with van der Waals surface area (Å²) in [5.41, 5.74) is 0.139. The van der Waals surface area contributed by atoms with Gasteiger partial charge in [-0.2, -0.15) is 0 Å². The maximum atomic E-state index is 12.9.